The molecular weight excluding hydrogens is 198 g/mol. The fourth-order valence-corrected chi connectivity index (χ4v) is 1.22. The number of carbonyl (C=O) groups is 1. The molecule has 2 N–H and O–H groups in total. The van der Waals surface area contributed by atoms with Crippen LogP contribution < -0.4 is 5.32 Å². The number of aryl methyl sites for hydroxylation is 1. The standard InChI is InChI=1S/C10H15NO4/c1-7-9(3-4-15-7)10(13)11-8(5-12)6-14-2/h3-4,8,12H,5-6H2,1-2H3,(H,11,13). The molecule has 0 saturated heterocycles. The van der Waals surface area contributed by atoms with Crippen LogP contribution in [0.2, 0.25) is 0 Å². The summed E-state index contributed by atoms with van der Waals surface area (Å²) < 4.78 is 9.85. The minimum absolute atomic E-state index is 0.156. The van der Waals surface area contributed by atoms with Gasteiger partial charge < -0.3 is 19.6 Å². The van der Waals surface area contributed by atoms with Gasteiger partial charge in [-0.2, -0.15) is 0 Å². The average Bonchev–Trinajstić information content (AvgIpc) is 2.63. The Morgan fingerprint density at radius 1 is 1.73 bits per heavy atom. The average molecular weight is 213 g/mol. The van der Waals surface area contributed by atoms with Crippen LogP contribution in [0.3, 0.4) is 0 Å². The van der Waals surface area contributed by atoms with E-state index in [2.05, 4.69) is 5.32 Å². The van der Waals surface area contributed by atoms with Crippen molar-refractivity contribution in [1.29, 1.82) is 0 Å². The van der Waals surface area contributed by atoms with Crippen molar-refractivity contribution in [2.45, 2.75) is 13.0 Å². The predicted octanol–water partition coefficient (Wildman–Crippen LogP) is 0.325. The van der Waals surface area contributed by atoms with Gasteiger partial charge in [-0.15, -0.1) is 0 Å². The van der Waals surface area contributed by atoms with E-state index in [-0.39, 0.29) is 19.1 Å². The molecule has 1 unspecified atom stereocenters. The van der Waals surface area contributed by atoms with Crippen LogP contribution in [-0.4, -0.2) is 37.4 Å². The van der Waals surface area contributed by atoms with E-state index in [0.29, 0.717) is 11.3 Å². The number of methoxy groups -OCH3 is 1. The van der Waals surface area contributed by atoms with Gasteiger partial charge in [0, 0.05) is 7.11 Å². The fourth-order valence-electron chi connectivity index (χ4n) is 1.22. The van der Waals surface area contributed by atoms with Crippen molar-refractivity contribution in [1.82, 2.24) is 5.32 Å². The van der Waals surface area contributed by atoms with E-state index in [9.17, 15) is 4.79 Å². The van der Waals surface area contributed by atoms with Crippen molar-refractivity contribution < 1.29 is 19.1 Å². The number of nitrogens with one attached hydrogen (secondary N) is 1. The third-order valence-electron chi connectivity index (χ3n) is 2.03. The first kappa shape index (κ1) is 11.7. The predicted molar refractivity (Wildman–Crippen MR) is 53.7 cm³/mol. The minimum atomic E-state index is -0.392. The van der Waals surface area contributed by atoms with Gasteiger partial charge in [-0.25, -0.2) is 0 Å². The number of aliphatic hydroxyl groups is 1. The lowest BCUT2D eigenvalue weighted by Crippen LogP contribution is -2.40. The molecule has 0 aliphatic rings. The molecule has 0 aliphatic heterocycles. The van der Waals surface area contributed by atoms with Gasteiger partial charge in [0.15, 0.2) is 0 Å². The molecule has 1 rings (SSSR count). The van der Waals surface area contributed by atoms with Crippen LogP contribution >= 0.6 is 0 Å². The highest BCUT2D eigenvalue weighted by molar-refractivity contribution is 5.95. The van der Waals surface area contributed by atoms with Crippen LogP contribution in [0.5, 0.6) is 0 Å². The van der Waals surface area contributed by atoms with Crippen LogP contribution in [0.4, 0.5) is 0 Å². The number of carbonyl (C=O) groups excluding carboxylic acids is 1. The molecule has 0 bridgehead atoms. The Balaban J connectivity index is 2.58. The number of aliphatic hydroxyl groups excluding tert-OH is 1. The van der Waals surface area contributed by atoms with E-state index in [4.69, 9.17) is 14.3 Å². The maximum atomic E-state index is 11.6. The second-order valence-electron chi connectivity index (χ2n) is 3.20. The molecule has 15 heavy (non-hydrogen) atoms. The highest BCUT2D eigenvalue weighted by atomic mass is 16.5. The summed E-state index contributed by atoms with van der Waals surface area (Å²) in [5.41, 5.74) is 0.476. The van der Waals surface area contributed by atoms with Crippen LogP contribution in [-0.2, 0) is 4.74 Å². The largest absolute Gasteiger partial charge is 0.469 e. The zero-order valence-electron chi connectivity index (χ0n) is 8.82. The maximum Gasteiger partial charge on any atom is 0.255 e. The highest BCUT2D eigenvalue weighted by Crippen LogP contribution is 2.08. The first-order valence-corrected chi connectivity index (χ1v) is 4.63. The van der Waals surface area contributed by atoms with Crippen molar-refractivity contribution in [2.75, 3.05) is 20.3 Å². The Kier molecular flexibility index (Phi) is 4.33. The number of ether oxygens (including phenoxy) is 1. The zero-order valence-corrected chi connectivity index (χ0v) is 8.82. The van der Waals surface area contributed by atoms with Gasteiger partial charge in [-0.3, -0.25) is 4.79 Å². The molecule has 1 heterocycles. The lowest BCUT2D eigenvalue weighted by molar-refractivity contribution is 0.0838. The molecule has 84 valence electrons. The molecular formula is C10H15NO4. The Bertz CT molecular complexity index is 321. The second-order valence-corrected chi connectivity index (χ2v) is 3.20. The van der Waals surface area contributed by atoms with Crippen LogP contribution in [0, 0.1) is 6.92 Å². The molecule has 5 nitrogen and oxygen atoms in total. The van der Waals surface area contributed by atoms with Gasteiger partial charge in [0.2, 0.25) is 0 Å². The van der Waals surface area contributed by atoms with Crippen molar-refractivity contribution in [3.63, 3.8) is 0 Å². The SMILES string of the molecule is COCC(CO)NC(=O)c1ccoc1C. The number of hydrogen-bond acceptors (Lipinski definition) is 4. The smallest absolute Gasteiger partial charge is 0.255 e. The molecule has 0 aromatic carbocycles. The van der Waals surface area contributed by atoms with Crippen LogP contribution in [0.15, 0.2) is 16.7 Å². The summed E-state index contributed by atoms with van der Waals surface area (Å²) in [6.07, 6.45) is 1.45. The summed E-state index contributed by atoms with van der Waals surface area (Å²) in [5.74, 6) is 0.291. The molecule has 1 atom stereocenters. The van der Waals surface area contributed by atoms with Gasteiger partial charge in [0.1, 0.15) is 5.76 Å². The summed E-state index contributed by atoms with van der Waals surface area (Å²) in [5, 5.41) is 11.6. The van der Waals surface area contributed by atoms with Gasteiger partial charge >= 0.3 is 0 Å². The van der Waals surface area contributed by atoms with Crippen molar-refractivity contribution in [3.8, 4) is 0 Å². The van der Waals surface area contributed by atoms with Crippen LogP contribution in [0.1, 0.15) is 16.1 Å². The number of rotatable bonds is 5. The Morgan fingerprint density at radius 3 is 2.93 bits per heavy atom. The highest BCUT2D eigenvalue weighted by Gasteiger charge is 2.15. The molecule has 0 fully saturated rings. The third kappa shape index (κ3) is 3.07. The molecule has 1 aromatic heterocycles. The van der Waals surface area contributed by atoms with E-state index in [1.807, 2.05) is 0 Å². The van der Waals surface area contributed by atoms with Gasteiger partial charge in [0.25, 0.3) is 5.91 Å². The topological polar surface area (TPSA) is 71.7 Å². The second kappa shape index (κ2) is 5.53. The summed E-state index contributed by atoms with van der Waals surface area (Å²) in [6.45, 7) is 1.83. The quantitative estimate of drug-likeness (QED) is 0.739. The normalized spacial score (nSPS) is 12.5. The minimum Gasteiger partial charge on any atom is -0.469 e. The zero-order chi connectivity index (χ0) is 11.3. The number of hydrogen-bond donors (Lipinski definition) is 2. The molecule has 5 heteroatoms. The molecule has 0 saturated carbocycles. The maximum absolute atomic E-state index is 11.6. The summed E-state index contributed by atoms with van der Waals surface area (Å²) in [7, 11) is 1.51. The Morgan fingerprint density at radius 2 is 2.47 bits per heavy atom. The Hall–Kier alpha value is -1.33. The van der Waals surface area contributed by atoms with E-state index < -0.39 is 6.04 Å². The molecule has 0 spiro atoms. The molecule has 0 radical (unpaired) electrons. The summed E-state index contributed by atoms with van der Waals surface area (Å²) in [4.78, 5) is 11.6. The van der Waals surface area contributed by atoms with Gasteiger partial charge in [-0.05, 0) is 13.0 Å². The molecule has 0 aliphatic carbocycles. The van der Waals surface area contributed by atoms with E-state index >= 15 is 0 Å². The third-order valence-corrected chi connectivity index (χ3v) is 2.03. The monoisotopic (exact) mass is 213 g/mol. The summed E-state index contributed by atoms with van der Waals surface area (Å²) in [6, 6.07) is 1.20. The lowest BCUT2D eigenvalue weighted by atomic mass is 10.2. The van der Waals surface area contributed by atoms with Gasteiger partial charge in [0.05, 0.1) is 31.1 Å². The molecule has 1 aromatic rings. The Labute approximate surface area is 88.0 Å². The first-order valence-electron chi connectivity index (χ1n) is 4.63. The van der Waals surface area contributed by atoms with Crippen molar-refractivity contribution in [3.05, 3.63) is 23.7 Å². The summed E-state index contributed by atoms with van der Waals surface area (Å²) >= 11 is 0. The van der Waals surface area contributed by atoms with Crippen LogP contribution in [0.25, 0.3) is 0 Å². The van der Waals surface area contributed by atoms with E-state index in [0.717, 1.165) is 0 Å². The number of amides is 1. The van der Waals surface area contributed by atoms with E-state index in [1.54, 1.807) is 13.0 Å². The van der Waals surface area contributed by atoms with E-state index in [1.165, 1.54) is 13.4 Å². The van der Waals surface area contributed by atoms with Gasteiger partial charge in [-0.1, -0.05) is 0 Å². The fraction of sp³-hybridized carbons (Fsp3) is 0.500. The van der Waals surface area contributed by atoms with Crippen molar-refractivity contribution in [2.24, 2.45) is 0 Å². The number of furan rings is 1. The van der Waals surface area contributed by atoms with Crippen molar-refractivity contribution >= 4 is 5.91 Å². The molecule has 1 amide bonds. The first-order chi connectivity index (χ1) is 7.19. The lowest BCUT2D eigenvalue weighted by Gasteiger charge is -2.14.